The van der Waals surface area contributed by atoms with Crippen LogP contribution in [-0.2, 0) is 5.60 Å². The third-order valence-electron chi connectivity index (χ3n) is 4.52. The van der Waals surface area contributed by atoms with Gasteiger partial charge in [-0.05, 0) is 47.7 Å². The Labute approximate surface area is 129 Å². The number of aromatic nitrogens is 1. The topological polar surface area (TPSA) is 36.4 Å². The molecule has 2 aliphatic heterocycles. The van der Waals surface area contributed by atoms with E-state index in [1.165, 1.54) is 4.90 Å². The zero-order chi connectivity index (χ0) is 15.3. The number of rotatable bonds is 2. The van der Waals surface area contributed by atoms with Crippen LogP contribution in [-0.4, -0.2) is 39.8 Å². The molecule has 7 heteroatoms. The van der Waals surface area contributed by atoms with Crippen molar-refractivity contribution in [2.24, 2.45) is 0 Å². The molecule has 116 valence electrons. The molecule has 3 heterocycles. The molecule has 2 aliphatic rings. The minimum atomic E-state index is -4.19. The van der Waals surface area contributed by atoms with Crippen LogP contribution in [0.3, 0.4) is 0 Å². The Kier molecular flexibility index (Phi) is 3.78. The Morgan fingerprint density at radius 1 is 1.29 bits per heavy atom. The van der Waals surface area contributed by atoms with Gasteiger partial charge in [-0.3, -0.25) is 9.88 Å². The van der Waals surface area contributed by atoms with Crippen LogP contribution in [0, 0.1) is 0 Å². The SMILES string of the molecule is OC1(c2cncc(Br)c2)CC2CCC(C1)N2CC(F)(F)F. The number of piperidine rings is 1. The van der Waals surface area contributed by atoms with Crippen LogP contribution in [0.2, 0.25) is 0 Å². The lowest BCUT2D eigenvalue weighted by molar-refractivity contribution is -0.166. The van der Waals surface area contributed by atoms with E-state index in [-0.39, 0.29) is 12.1 Å². The summed E-state index contributed by atoms with van der Waals surface area (Å²) < 4.78 is 38.8. The second-order valence-electron chi connectivity index (χ2n) is 6.00. The molecule has 2 bridgehead atoms. The molecule has 2 atom stereocenters. The van der Waals surface area contributed by atoms with Crippen molar-refractivity contribution < 1.29 is 18.3 Å². The quantitative estimate of drug-likeness (QED) is 0.875. The van der Waals surface area contributed by atoms with Crippen LogP contribution >= 0.6 is 15.9 Å². The molecule has 2 fully saturated rings. The van der Waals surface area contributed by atoms with Gasteiger partial charge < -0.3 is 5.11 Å². The maximum atomic E-state index is 12.7. The first-order chi connectivity index (χ1) is 9.77. The van der Waals surface area contributed by atoms with Gasteiger partial charge >= 0.3 is 6.18 Å². The molecule has 3 rings (SSSR count). The predicted molar refractivity (Wildman–Crippen MR) is 74.6 cm³/mol. The van der Waals surface area contributed by atoms with Gasteiger partial charge in [-0.2, -0.15) is 13.2 Å². The summed E-state index contributed by atoms with van der Waals surface area (Å²) in [5, 5.41) is 10.9. The van der Waals surface area contributed by atoms with Crippen molar-refractivity contribution in [2.45, 2.75) is 49.5 Å². The lowest BCUT2D eigenvalue weighted by Gasteiger charge is -2.44. The first-order valence-electron chi connectivity index (χ1n) is 6.93. The normalized spacial score (nSPS) is 33.4. The van der Waals surface area contributed by atoms with Crippen molar-refractivity contribution in [1.29, 1.82) is 0 Å². The number of pyridine rings is 1. The minimum Gasteiger partial charge on any atom is -0.385 e. The number of hydrogen-bond acceptors (Lipinski definition) is 3. The predicted octanol–water partition coefficient (Wildman–Crippen LogP) is 3.22. The van der Waals surface area contributed by atoms with Crippen LogP contribution < -0.4 is 0 Å². The summed E-state index contributed by atoms with van der Waals surface area (Å²) in [7, 11) is 0. The summed E-state index contributed by atoms with van der Waals surface area (Å²) in [5.74, 6) is 0. The third kappa shape index (κ3) is 3.10. The molecule has 1 aromatic rings. The fraction of sp³-hybridized carbons (Fsp3) is 0.643. The summed E-state index contributed by atoms with van der Waals surface area (Å²) >= 11 is 3.32. The second-order valence-corrected chi connectivity index (χ2v) is 6.92. The number of hydrogen-bond donors (Lipinski definition) is 1. The van der Waals surface area contributed by atoms with Crippen LogP contribution in [0.15, 0.2) is 22.9 Å². The first-order valence-corrected chi connectivity index (χ1v) is 7.72. The van der Waals surface area contributed by atoms with E-state index in [0.717, 1.165) is 4.47 Å². The minimum absolute atomic E-state index is 0.214. The fourth-order valence-corrected chi connectivity index (χ4v) is 4.05. The van der Waals surface area contributed by atoms with E-state index in [1.807, 2.05) is 0 Å². The van der Waals surface area contributed by atoms with E-state index in [2.05, 4.69) is 20.9 Å². The number of fused-ring (bicyclic) bond motifs is 2. The van der Waals surface area contributed by atoms with Crippen LogP contribution in [0.5, 0.6) is 0 Å². The van der Waals surface area contributed by atoms with Gasteiger partial charge in [0.25, 0.3) is 0 Å². The molecule has 0 aromatic carbocycles. The highest BCUT2D eigenvalue weighted by Gasteiger charge is 2.50. The summed E-state index contributed by atoms with van der Waals surface area (Å²) in [6.07, 6.45) is 1.13. The van der Waals surface area contributed by atoms with Crippen molar-refractivity contribution in [3.63, 3.8) is 0 Å². The molecule has 2 saturated heterocycles. The second kappa shape index (κ2) is 5.21. The van der Waals surface area contributed by atoms with E-state index in [4.69, 9.17) is 0 Å². The fourth-order valence-electron chi connectivity index (χ4n) is 3.68. The largest absolute Gasteiger partial charge is 0.401 e. The van der Waals surface area contributed by atoms with E-state index in [0.29, 0.717) is 31.2 Å². The summed E-state index contributed by atoms with van der Waals surface area (Å²) in [4.78, 5) is 5.57. The van der Waals surface area contributed by atoms with Gasteiger partial charge in [0.05, 0.1) is 12.1 Å². The van der Waals surface area contributed by atoms with E-state index >= 15 is 0 Å². The molecule has 1 N–H and O–H groups in total. The molecule has 0 aliphatic carbocycles. The first kappa shape index (κ1) is 15.2. The monoisotopic (exact) mass is 364 g/mol. The van der Waals surface area contributed by atoms with E-state index in [9.17, 15) is 18.3 Å². The standard InChI is InChI=1S/C14H16BrF3N2O/c15-10-3-9(6-19-7-10)13(21)4-11-1-2-12(5-13)20(11)8-14(16,17)18/h3,6-7,11-12,21H,1-2,4-5,8H2. The average molecular weight is 365 g/mol. The maximum absolute atomic E-state index is 12.7. The summed E-state index contributed by atoms with van der Waals surface area (Å²) in [5.41, 5.74) is -0.398. The average Bonchev–Trinajstić information content (AvgIpc) is 2.61. The maximum Gasteiger partial charge on any atom is 0.401 e. The highest BCUT2D eigenvalue weighted by atomic mass is 79.9. The van der Waals surface area contributed by atoms with E-state index in [1.54, 1.807) is 18.5 Å². The van der Waals surface area contributed by atoms with Gasteiger partial charge in [-0.1, -0.05) is 0 Å². The zero-order valence-corrected chi connectivity index (χ0v) is 12.9. The Balaban J connectivity index is 1.82. The summed E-state index contributed by atoms with van der Waals surface area (Å²) in [6, 6.07) is 1.37. The Bertz CT molecular complexity index is 523. The molecule has 0 radical (unpaired) electrons. The molecule has 21 heavy (non-hydrogen) atoms. The smallest absolute Gasteiger partial charge is 0.385 e. The molecule has 2 unspecified atom stereocenters. The number of alkyl halides is 3. The van der Waals surface area contributed by atoms with Gasteiger partial charge in [0.15, 0.2) is 0 Å². The zero-order valence-electron chi connectivity index (χ0n) is 11.3. The van der Waals surface area contributed by atoms with Crippen molar-refractivity contribution in [3.05, 3.63) is 28.5 Å². The number of aliphatic hydroxyl groups is 1. The highest BCUT2D eigenvalue weighted by molar-refractivity contribution is 9.10. The molecular formula is C14H16BrF3N2O. The van der Waals surface area contributed by atoms with Crippen molar-refractivity contribution >= 4 is 15.9 Å². The number of nitrogens with zero attached hydrogens (tertiary/aromatic N) is 2. The molecule has 3 nitrogen and oxygen atoms in total. The van der Waals surface area contributed by atoms with Gasteiger partial charge in [0.2, 0.25) is 0 Å². The Morgan fingerprint density at radius 2 is 1.90 bits per heavy atom. The molecular weight excluding hydrogens is 349 g/mol. The van der Waals surface area contributed by atoms with Crippen molar-refractivity contribution in [2.75, 3.05) is 6.54 Å². The van der Waals surface area contributed by atoms with Gasteiger partial charge in [-0.25, -0.2) is 0 Å². The molecule has 1 aromatic heterocycles. The van der Waals surface area contributed by atoms with Crippen LogP contribution in [0.1, 0.15) is 31.2 Å². The Hall–Kier alpha value is -0.660. The number of halogens is 4. The van der Waals surface area contributed by atoms with Crippen molar-refractivity contribution in [1.82, 2.24) is 9.88 Å². The van der Waals surface area contributed by atoms with E-state index < -0.39 is 18.3 Å². The van der Waals surface area contributed by atoms with Crippen LogP contribution in [0.4, 0.5) is 13.2 Å². The molecule has 0 amide bonds. The third-order valence-corrected chi connectivity index (χ3v) is 4.96. The van der Waals surface area contributed by atoms with Gasteiger partial charge in [-0.15, -0.1) is 0 Å². The highest BCUT2D eigenvalue weighted by Crippen LogP contribution is 2.46. The summed E-state index contributed by atoms with van der Waals surface area (Å²) in [6.45, 7) is -0.880. The molecule has 0 spiro atoms. The van der Waals surface area contributed by atoms with Crippen molar-refractivity contribution in [3.8, 4) is 0 Å². The van der Waals surface area contributed by atoms with Gasteiger partial charge in [0.1, 0.15) is 0 Å². The Morgan fingerprint density at radius 3 is 2.43 bits per heavy atom. The van der Waals surface area contributed by atoms with Gasteiger partial charge in [0, 0.05) is 34.5 Å². The van der Waals surface area contributed by atoms with Crippen LogP contribution in [0.25, 0.3) is 0 Å². The molecule has 0 saturated carbocycles. The lowest BCUT2D eigenvalue weighted by Crippen LogP contribution is -2.52. The lowest BCUT2D eigenvalue weighted by atomic mass is 9.81.